The summed E-state index contributed by atoms with van der Waals surface area (Å²) in [7, 11) is -3.24. The van der Waals surface area contributed by atoms with Gasteiger partial charge in [-0.1, -0.05) is 6.07 Å². The molecule has 19 heavy (non-hydrogen) atoms. The quantitative estimate of drug-likeness (QED) is 0.826. The summed E-state index contributed by atoms with van der Waals surface area (Å²) in [6, 6.07) is 6.59. The van der Waals surface area contributed by atoms with Crippen molar-refractivity contribution in [3.8, 4) is 5.75 Å². The highest BCUT2D eigenvalue weighted by molar-refractivity contribution is 7.91. The minimum Gasteiger partial charge on any atom is -0.487 e. The molecule has 1 saturated heterocycles. The molecule has 6 nitrogen and oxygen atoms in total. The Kier molecular flexibility index (Phi) is 3.77. The van der Waals surface area contributed by atoms with Crippen LogP contribution in [0.5, 0.6) is 5.75 Å². The van der Waals surface area contributed by atoms with Gasteiger partial charge in [0.15, 0.2) is 9.84 Å². The maximum Gasteiger partial charge on any atom is 0.221 e. The summed E-state index contributed by atoms with van der Waals surface area (Å²) in [5.41, 5.74) is 0.556. The molecule has 0 aromatic heterocycles. The predicted molar refractivity (Wildman–Crippen MR) is 69.8 cm³/mol. The lowest BCUT2D eigenvalue weighted by atomic mass is 10.2. The molecular formula is C12H15NO5S. The van der Waals surface area contributed by atoms with E-state index in [1.807, 2.05) is 0 Å². The molecule has 2 N–H and O–H groups in total. The molecule has 7 heteroatoms. The van der Waals surface area contributed by atoms with Crippen LogP contribution < -0.4 is 10.1 Å². The van der Waals surface area contributed by atoms with Gasteiger partial charge in [0.25, 0.3) is 0 Å². The highest BCUT2D eigenvalue weighted by Crippen LogP contribution is 2.23. The zero-order valence-electron chi connectivity index (χ0n) is 10.4. The number of sulfone groups is 1. The number of hydrogen-bond donors (Lipinski definition) is 2. The average Bonchev–Trinajstić information content (AvgIpc) is 2.51. The van der Waals surface area contributed by atoms with Gasteiger partial charge in [0.1, 0.15) is 18.0 Å². The standard InChI is InChI=1S/C12H15NO5S/c1-8(14)13-9-3-2-4-10(5-9)18-12-7-19(16,17)6-11(12)15/h2-5,11-12,15H,6-7H2,1H3,(H,13,14). The molecule has 0 bridgehead atoms. The van der Waals surface area contributed by atoms with Gasteiger partial charge < -0.3 is 15.2 Å². The molecule has 0 spiro atoms. The summed E-state index contributed by atoms with van der Waals surface area (Å²) in [6.07, 6.45) is -1.79. The van der Waals surface area contributed by atoms with E-state index in [0.29, 0.717) is 11.4 Å². The van der Waals surface area contributed by atoms with Gasteiger partial charge in [0, 0.05) is 18.7 Å². The van der Waals surface area contributed by atoms with E-state index >= 15 is 0 Å². The number of carbonyl (C=O) groups is 1. The normalized spacial score (nSPS) is 24.9. The van der Waals surface area contributed by atoms with Gasteiger partial charge in [-0.25, -0.2) is 8.42 Å². The molecule has 2 atom stereocenters. The Balaban J connectivity index is 2.09. The third kappa shape index (κ3) is 3.68. The van der Waals surface area contributed by atoms with Crippen molar-refractivity contribution in [3.63, 3.8) is 0 Å². The third-order valence-corrected chi connectivity index (χ3v) is 4.40. The van der Waals surface area contributed by atoms with Crippen molar-refractivity contribution < 1.29 is 23.1 Å². The van der Waals surface area contributed by atoms with Crippen molar-refractivity contribution in [3.05, 3.63) is 24.3 Å². The Labute approximate surface area is 111 Å². The lowest BCUT2D eigenvalue weighted by Crippen LogP contribution is -2.29. The molecule has 1 fully saturated rings. The van der Waals surface area contributed by atoms with E-state index in [-0.39, 0.29) is 17.4 Å². The zero-order chi connectivity index (χ0) is 14.0. The van der Waals surface area contributed by atoms with Crippen LogP contribution in [0.1, 0.15) is 6.92 Å². The summed E-state index contributed by atoms with van der Waals surface area (Å²) >= 11 is 0. The number of aliphatic hydroxyl groups excluding tert-OH is 1. The average molecular weight is 285 g/mol. The summed E-state index contributed by atoms with van der Waals surface area (Å²) in [5.74, 6) is -0.269. The fourth-order valence-electron chi connectivity index (χ4n) is 1.93. The van der Waals surface area contributed by atoms with Crippen molar-refractivity contribution in [2.45, 2.75) is 19.1 Å². The van der Waals surface area contributed by atoms with E-state index in [9.17, 15) is 18.3 Å². The van der Waals surface area contributed by atoms with Crippen LogP contribution in [0.4, 0.5) is 5.69 Å². The van der Waals surface area contributed by atoms with Crippen LogP contribution in [-0.2, 0) is 14.6 Å². The number of amides is 1. The van der Waals surface area contributed by atoms with E-state index in [1.54, 1.807) is 24.3 Å². The Bertz CT molecular complexity index is 584. The Morgan fingerprint density at radius 2 is 2.16 bits per heavy atom. The first-order chi connectivity index (χ1) is 8.85. The molecule has 0 radical (unpaired) electrons. The molecule has 1 aromatic rings. The second kappa shape index (κ2) is 5.18. The molecule has 1 heterocycles. The van der Waals surface area contributed by atoms with Gasteiger partial charge in [0.05, 0.1) is 11.5 Å². The fourth-order valence-corrected chi connectivity index (χ4v) is 3.60. The van der Waals surface area contributed by atoms with Crippen molar-refractivity contribution in [2.75, 3.05) is 16.8 Å². The number of carbonyl (C=O) groups excluding carboxylic acids is 1. The minimum atomic E-state index is -3.24. The number of hydrogen-bond acceptors (Lipinski definition) is 5. The maximum absolute atomic E-state index is 11.4. The number of benzene rings is 1. The lowest BCUT2D eigenvalue weighted by Gasteiger charge is -2.16. The van der Waals surface area contributed by atoms with Crippen LogP contribution in [0.3, 0.4) is 0 Å². The Morgan fingerprint density at radius 3 is 2.74 bits per heavy atom. The van der Waals surface area contributed by atoms with Crippen molar-refractivity contribution in [1.82, 2.24) is 0 Å². The smallest absolute Gasteiger partial charge is 0.221 e. The number of anilines is 1. The van der Waals surface area contributed by atoms with Crippen molar-refractivity contribution in [1.29, 1.82) is 0 Å². The highest BCUT2D eigenvalue weighted by Gasteiger charge is 2.38. The van der Waals surface area contributed by atoms with E-state index in [2.05, 4.69) is 5.32 Å². The molecule has 2 unspecified atom stereocenters. The monoisotopic (exact) mass is 285 g/mol. The molecule has 0 saturated carbocycles. The third-order valence-electron chi connectivity index (χ3n) is 2.71. The molecule has 104 valence electrons. The number of rotatable bonds is 3. The molecule has 1 aliphatic heterocycles. The van der Waals surface area contributed by atoms with Gasteiger partial charge in [-0.2, -0.15) is 0 Å². The highest BCUT2D eigenvalue weighted by atomic mass is 32.2. The van der Waals surface area contributed by atoms with Crippen molar-refractivity contribution >= 4 is 21.4 Å². The van der Waals surface area contributed by atoms with Crippen LogP contribution in [-0.4, -0.2) is 43.1 Å². The Hall–Kier alpha value is -1.60. The van der Waals surface area contributed by atoms with E-state index in [0.717, 1.165) is 0 Å². The molecule has 1 aliphatic rings. The van der Waals surface area contributed by atoms with Crippen LogP contribution >= 0.6 is 0 Å². The summed E-state index contributed by atoms with van der Waals surface area (Å²) < 4.78 is 28.2. The molecule has 2 rings (SSSR count). The van der Waals surface area contributed by atoms with Crippen LogP contribution in [0.15, 0.2) is 24.3 Å². The zero-order valence-corrected chi connectivity index (χ0v) is 11.2. The van der Waals surface area contributed by atoms with Gasteiger partial charge in [0.2, 0.25) is 5.91 Å². The summed E-state index contributed by atoms with van der Waals surface area (Å²) in [5, 5.41) is 12.2. The van der Waals surface area contributed by atoms with Crippen LogP contribution in [0, 0.1) is 0 Å². The Morgan fingerprint density at radius 1 is 1.42 bits per heavy atom. The largest absolute Gasteiger partial charge is 0.487 e. The molecular weight excluding hydrogens is 270 g/mol. The first kappa shape index (κ1) is 13.8. The van der Waals surface area contributed by atoms with Crippen LogP contribution in [0.25, 0.3) is 0 Å². The molecule has 0 aliphatic carbocycles. The van der Waals surface area contributed by atoms with Gasteiger partial charge >= 0.3 is 0 Å². The number of aliphatic hydroxyl groups is 1. The first-order valence-electron chi connectivity index (χ1n) is 5.78. The molecule has 1 aromatic carbocycles. The van der Waals surface area contributed by atoms with Crippen LogP contribution in [0.2, 0.25) is 0 Å². The van der Waals surface area contributed by atoms with Gasteiger partial charge in [-0.15, -0.1) is 0 Å². The second-order valence-electron chi connectivity index (χ2n) is 4.51. The summed E-state index contributed by atoms with van der Waals surface area (Å²) in [6.45, 7) is 1.39. The minimum absolute atomic E-state index is 0.196. The topological polar surface area (TPSA) is 92.7 Å². The van der Waals surface area contributed by atoms with Gasteiger partial charge in [-0.3, -0.25) is 4.79 Å². The van der Waals surface area contributed by atoms with E-state index in [4.69, 9.17) is 4.74 Å². The SMILES string of the molecule is CC(=O)Nc1cccc(OC2CS(=O)(=O)CC2O)c1. The molecule has 1 amide bonds. The van der Waals surface area contributed by atoms with Gasteiger partial charge in [-0.05, 0) is 12.1 Å². The second-order valence-corrected chi connectivity index (χ2v) is 6.66. The van der Waals surface area contributed by atoms with Crippen molar-refractivity contribution in [2.24, 2.45) is 0 Å². The predicted octanol–water partition coefficient (Wildman–Crippen LogP) is 0.182. The lowest BCUT2D eigenvalue weighted by molar-refractivity contribution is -0.114. The first-order valence-corrected chi connectivity index (χ1v) is 7.61. The maximum atomic E-state index is 11.4. The fraction of sp³-hybridized carbons (Fsp3) is 0.417. The summed E-state index contributed by atoms with van der Waals surface area (Å²) in [4.78, 5) is 10.9. The number of nitrogens with one attached hydrogen (secondary N) is 1. The van der Waals surface area contributed by atoms with E-state index in [1.165, 1.54) is 6.92 Å². The number of ether oxygens (including phenoxy) is 1. The van der Waals surface area contributed by atoms with E-state index < -0.39 is 22.0 Å².